The summed E-state index contributed by atoms with van der Waals surface area (Å²) in [5.74, 6) is 0.274. The van der Waals surface area contributed by atoms with E-state index in [0.717, 1.165) is 24.1 Å². The second-order valence-electron chi connectivity index (χ2n) is 4.47. The zero-order valence-corrected chi connectivity index (χ0v) is 11.6. The van der Waals surface area contributed by atoms with Crippen LogP contribution in [-0.4, -0.2) is 12.0 Å². The molecule has 0 spiro atoms. The topological polar surface area (TPSA) is 56.2 Å². The van der Waals surface area contributed by atoms with E-state index in [4.69, 9.17) is 4.74 Å². The van der Waals surface area contributed by atoms with E-state index >= 15 is 0 Å². The molecule has 0 unspecified atom stereocenters. The summed E-state index contributed by atoms with van der Waals surface area (Å²) in [5.41, 5.74) is 1.74. The second kappa shape index (κ2) is 6.14. The Kier molecular flexibility index (Phi) is 4.30. The van der Waals surface area contributed by atoms with E-state index < -0.39 is 4.92 Å². The van der Waals surface area contributed by atoms with Gasteiger partial charge in [0.25, 0.3) is 0 Å². The van der Waals surface area contributed by atoms with Gasteiger partial charge >= 0.3 is 5.69 Å². The molecule has 20 heavy (non-hydrogen) atoms. The number of pyridine rings is 1. The molecule has 1 aromatic carbocycles. The molecule has 0 radical (unpaired) electrons. The molecule has 1 aromatic heterocycles. The van der Waals surface area contributed by atoms with Gasteiger partial charge in [0.1, 0.15) is 6.54 Å². The van der Waals surface area contributed by atoms with Crippen molar-refractivity contribution >= 4 is 5.69 Å². The summed E-state index contributed by atoms with van der Waals surface area (Å²) >= 11 is 0. The molecule has 1 heterocycles. The molecule has 5 heteroatoms. The fourth-order valence-electron chi connectivity index (χ4n) is 2.10. The van der Waals surface area contributed by atoms with Crippen LogP contribution >= 0.6 is 0 Å². The summed E-state index contributed by atoms with van der Waals surface area (Å²) in [7, 11) is 1.43. The molecule has 0 aliphatic rings. The van der Waals surface area contributed by atoms with Crippen molar-refractivity contribution in [2.24, 2.45) is 0 Å². The third kappa shape index (κ3) is 2.93. The van der Waals surface area contributed by atoms with E-state index in [1.54, 1.807) is 12.1 Å². The molecule has 0 saturated heterocycles. The molecule has 2 aromatic rings. The Morgan fingerprint density at radius 2 is 2.10 bits per heavy atom. The normalized spacial score (nSPS) is 10.3. The first-order valence-electron chi connectivity index (χ1n) is 6.47. The maximum absolute atomic E-state index is 11.1. The van der Waals surface area contributed by atoms with Crippen molar-refractivity contribution in [3.8, 4) is 16.9 Å². The van der Waals surface area contributed by atoms with Gasteiger partial charge in [-0.25, -0.2) is 4.57 Å². The second-order valence-corrected chi connectivity index (χ2v) is 4.47. The number of ether oxygens (including phenoxy) is 1. The van der Waals surface area contributed by atoms with Crippen molar-refractivity contribution in [3.05, 3.63) is 52.8 Å². The zero-order valence-electron chi connectivity index (χ0n) is 11.6. The van der Waals surface area contributed by atoms with Gasteiger partial charge in [-0.3, -0.25) is 10.1 Å². The fraction of sp³-hybridized carbons (Fsp3) is 0.267. The van der Waals surface area contributed by atoms with Crippen molar-refractivity contribution in [1.82, 2.24) is 0 Å². The first-order valence-corrected chi connectivity index (χ1v) is 6.47. The van der Waals surface area contributed by atoms with Crippen LogP contribution in [0.3, 0.4) is 0 Å². The highest BCUT2D eigenvalue weighted by atomic mass is 16.6. The molecular weight excluding hydrogens is 256 g/mol. The molecule has 0 amide bonds. The Morgan fingerprint density at radius 3 is 2.75 bits per heavy atom. The minimum Gasteiger partial charge on any atom is -0.490 e. The lowest BCUT2D eigenvalue weighted by Crippen LogP contribution is -2.32. The number of aryl methyl sites for hydroxylation is 1. The van der Waals surface area contributed by atoms with Gasteiger partial charge in [0.05, 0.1) is 12.0 Å². The van der Waals surface area contributed by atoms with E-state index in [9.17, 15) is 10.1 Å². The number of benzene rings is 1. The van der Waals surface area contributed by atoms with E-state index in [1.165, 1.54) is 7.11 Å². The number of rotatable bonds is 5. The standard InChI is InChI=1S/C15H17N2O3/c1-3-8-16-9-4-5-13(11-16)12-6-7-15(20-2)14(10-12)17(18)19/h4-7,9-11H,3,8H2,1-2H3/q+1. The van der Waals surface area contributed by atoms with E-state index in [-0.39, 0.29) is 11.4 Å². The van der Waals surface area contributed by atoms with Crippen LogP contribution in [-0.2, 0) is 6.54 Å². The Balaban J connectivity index is 2.45. The van der Waals surface area contributed by atoms with Crippen LogP contribution in [0.15, 0.2) is 42.7 Å². The molecule has 0 fully saturated rings. The quantitative estimate of drug-likeness (QED) is 0.478. The maximum Gasteiger partial charge on any atom is 0.311 e. The van der Waals surface area contributed by atoms with Gasteiger partial charge in [-0.05, 0) is 23.8 Å². The highest BCUT2D eigenvalue weighted by Crippen LogP contribution is 2.31. The third-order valence-corrected chi connectivity index (χ3v) is 3.05. The highest BCUT2D eigenvalue weighted by molar-refractivity contribution is 5.67. The minimum atomic E-state index is -0.425. The van der Waals surface area contributed by atoms with E-state index in [1.807, 2.05) is 30.6 Å². The summed E-state index contributed by atoms with van der Waals surface area (Å²) in [6.07, 6.45) is 5.02. The SMILES string of the molecule is CCC[n+]1cccc(-c2ccc(OC)c([N+](=O)[O-])c2)c1. The van der Waals surface area contributed by atoms with Crippen molar-refractivity contribution in [3.63, 3.8) is 0 Å². The first-order chi connectivity index (χ1) is 9.65. The minimum absolute atomic E-state index is 0.0177. The van der Waals surface area contributed by atoms with Crippen LogP contribution in [0.5, 0.6) is 5.75 Å². The number of hydrogen-bond donors (Lipinski definition) is 0. The van der Waals surface area contributed by atoms with Crippen molar-refractivity contribution in [2.75, 3.05) is 7.11 Å². The van der Waals surface area contributed by atoms with Crippen LogP contribution < -0.4 is 9.30 Å². The summed E-state index contributed by atoms with van der Waals surface area (Å²) < 4.78 is 7.09. The van der Waals surface area contributed by atoms with Crippen LogP contribution in [0.25, 0.3) is 11.1 Å². The van der Waals surface area contributed by atoms with Crippen LogP contribution in [0, 0.1) is 10.1 Å². The van der Waals surface area contributed by atoms with Crippen LogP contribution in [0.2, 0.25) is 0 Å². The summed E-state index contributed by atoms with van der Waals surface area (Å²) in [5, 5.41) is 11.1. The molecule has 0 aliphatic carbocycles. The van der Waals surface area contributed by atoms with Gasteiger partial charge in [-0.2, -0.15) is 0 Å². The third-order valence-electron chi connectivity index (χ3n) is 3.05. The predicted octanol–water partition coefficient (Wildman–Crippen LogP) is 2.97. The lowest BCUT2D eigenvalue weighted by atomic mass is 10.1. The van der Waals surface area contributed by atoms with Crippen LogP contribution in [0.4, 0.5) is 5.69 Å². The van der Waals surface area contributed by atoms with Gasteiger partial charge in [0.15, 0.2) is 18.1 Å². The van der Waals surface area contributed by atoms with Crippen molar-refractivity contribution in [2.45, 2.75) is 19.9 Å². The number of methoxy groups -OCH3 is 1. The molecule has 104 valence electrons. The number of nitrogens with zero attached hydrogens (tertiary/aromatic N) is 2. The zero-order chi connectivity index (χ0) is 14.5. The average molecular weight is 273 g/mol. The van der Waals surface area contributed by atoms with Gasteiger partial charge in [-0.15, -0.1) is 0 Å². The fourth-order valence-corrected chi connectivity index (χ4v) is 2.10. The predicted molar refractivity (Wildman–Crippen MR) is 75.6 cm³/mol. The molecule has 5 nitrogen and oxygen atoms in total. The Labute approximate surface area is 117 Å². The summed E-state index contributed by atoms with van der Waals surface area (Å²) in [6.45, 7) is 3.03. The molecule has 0 bridgehead atoms. The van der Waals surface area contributed by atoms with Gasteiger partial charge in [-0.1, -0.05) is 6.92 Å². The highest BCUT2D eigenvalue weighted by Gasteiger charge is 2.16. The Hall–Kier alpha value is -2.43. The smallest absolute Gasteiger partial charge is 0.311 e. The molecule has 0 aliphatic heterocycles. The van der Waals surface area contributed by atoms with Crippen LogP contribution in [0.1, 0.15) is 13.3 Å². The lowest BCUT2D eigenvalue weighted by Gasteiger charge is -2.04. The first kappa shape index (κ1) is 14.0. The van der Waals surface area contributed by atoms with Gasteiger partial charge in [0, 0.05) is 24.1 Å². The number of nitro groups is 1. The average Bonchev–Trinajstić information content (AvgIpc) is 2.47. The van der Waals surface area contributed by atoms with Crippen molar-refractivity contribution < 1.29 is 14.2 Å². The Morgan fingerprint density at radius 1 is 1.30 bits per heavy atom. The lowest BCUT2D eigenvalue weighted by molar-refractivity contribution is -0.696. The monoisotopic (exact) mass is 273 g/mol. The molecule has 0 saturated carbocycles. The molecule has 2 rings (SSSR count). The van der Waals surface area contributed by atoms with Gasteiger partial charge < -0.3 is 4.74 Å². The van der Waals surface area contributed by atoms with E-state index in [2.05, 4.69) is 11.5 Å². The van der Waals surface area contributed by atoms with E-state index in [0.29, 0.717) is 0 Å². The number of aromatic nitrogens is 1. The molecular formula is C15H17N2O3+. The molecule has 0 atom stereocenters. The summed E-state index contributed by atoms with van der Waals surface area (Å²) in [6, 6.07) is 8.89. The maximum atomic E-state index is 11.1. The number of hydrogen-bond acceptors (Lipinski definition) is 3. The Bertz CT molecular complexity index is 626. The molecule has 0 N–H and O–H groups in total. The van der Waals surface area contributed by atoms with Gasteiger partial charge in [0.2, 0.25) is 0 Å². The number of nitro benzene ring substituents is 1. The summed E-state index contributed by atoms with van der Waals surface area (Å²) in [4.78, 5) is 10.6. The van der Waals surface area contributed by atoms with Crippen molar-refractivity contribution in [1.29, 1.82) is 0 Å². The largest absolute Gasteiger partial charge is 0.490 e.